The number of hydrogen-bond donors (Lipinski definition) is 0. The lowest BCUT2D eigenvalue weighted by Gasteiger charge is -2.20. The minimum atomic E-state index is 0.284. The highest BCUT2D eigenvalue weighted by Gasteiger charge is 2.25. The van der Waals surface area contributed by atoms with Gasteiger partial charge in [-0.15, -0.1) is 0 Å². The largest absolute Gasteiger partial charge is 0.493 e. The van der Waals surface area contributed by atoms with Crippen molar-refractivity contribution in [1.82, 2.24) is 0 Å². The molecule has 0 bridgehead atoms. The second-order valence-corrected chi connectivity index (χ2v) is 17.7. The van der Waals surface area contributed by atoms with Gasteiger partial charge in [0.15, 0.2) is 69.0 Å². The summed E-state index contributed by atoms with van der Waals surface area (Å²) in [6.07, 6.45) is 3.80. The van der Waals surface area contributed by atoms with E-state index in [9.17, 15) is 0 Å². The van der Waals surface area contributed by atoms with Crippen LogP contribution in [0.15, 0.2) is 72.8 Å². The van der Waals surface area contributed by atoms with Gasteiger partial charge in [0.2, 0.25) is 0 Å². The highest BCUT2D eigenvalue weighted by molar-refractivity contribution is 5.60. The number of ether oxygens (including phenoxy) is 14. The summed E-state index contributed by atoms with van der Waals surface area (Å²) < 4.78 is 84.5. The first-order valence-electron chi connectivity index (χ1n) is 24.2. The quantitative estimate of drug-likeness (QED) is 0.144. The van der Waals surface area contributed by atoms with Crippen LogP contribution in [0.4, 0.5) is 0 Å². The third-order valence-corrected chi connectivity index (χ3v) is 13.6. The van der Waals surface area contributed by atoms with Crippen molar-refractivity contribution in [2.75, 3.05) is 110 Å². The molecule has 380 valence electrons. The molecule has 6 aromatic rings. The predicted octanol–water partition coefficient (Wildman–Crippen LogP) is 9.19. The lowest BCUT2D eigenvalue weighted by Crippen LogP contribution is -2.16. The molecule has 0 atom stereocenters. The molecule has 0 saturated carbocycles. The van der Waals surface area contributed by atoms with Gasteiger partial charge in [0.25, 0.3) is 0 Å². The molecule has 0 radical (unpaired) electrons. The highest BCUT2D eigenvalue weighted by Crippen LogP contribution is 2.43. The fourth-order valence-corrected chi connectivity index (χ4v) is 9.84. The van der Waals surface area contributed by atoms with Gasteiger partial charge < -0.3 is 66.3 Å². The third-order valence-electron chi connectivity index (χ3n) is 13.6. The van der Waals surface area contributed by atoms with Crippen molar-refractivity contribution in [3.63, 3.8) is 0 Å². The maximum atomic E-state index is 6.51. The number of methoxy groups -OCH3 is 8. The van der Waals surface area contributed by atoms with E-state index in [0.717, 1.165) is 66.8 Å². The number of rotatable bonds is 8. The molecule has 0 unspecified atom stereocenters. The standard InChI is InChI=1S/C58H64O14/c1-59-47-23-35-17-36-24-48(60-2)52(64-6)28-40(36)20-44-32-56-55(31-43(44)19-39(35)27-51(47)63-5)69-13-9-67-11-15-71-57-33-45-21-41-29-53(65-7)49(61-3)25-37(41)18-38-26-50(62-4)54(66-8)30-42(38)22-46(45)34-58(57)72-16-12-68-10-14-70-56/h23-34H,9-22H2,1-8H3. The van der Waals surface area contributed by atoms with Crippen LogP contribution in [-0.4, -0.2) is 110 Å². The fourth-order valence-electron chi connectivity index (χ4n) is 9.84. The summed E-state index contributed by atoms with van der Waals surface area (Å²) in [5.74, 6) is 7.81. The van der Waals surface area contributed by atoms with E-state index in [-0.39, 0.29) is 26.4 Å². The van der Waals surface area contributed by atoms with E-state index in [1.807, 2.05) is 0 Å². The molecular formula is C58H64O14. The Morgan fingerprint density at radius 3 is 0.528 bits per heavy atom. The molecule has 1 heterocycles. The summed E-state index contributed by atoms with van der Waals surface area (Å²) in [5.41, 5.74) is 13.3. The van der Waals surface area contributed by atoms with Crippen molar-refractivity contribution in [3.8, 4) is 69.0 Å². The molecule has 0 amide bonds. The van der Waals surface area contributed by atoms with Crippen molar-refractivity contribution in [3.05, 3.63) is 140 Å². The molecule has 0 N–H and O–H groups in total. The Labute approximate surface area is 421 Å². The Morgan fingerprint density at radius 1 is 0.222 bits per heavy atom. The molecule has 6 aromatic carbocycles. The summed E-state index contributed by atoms with van der Waals surface area (Å²) in [6.45, 7) is 2.42. The number of fused-ring (bicyclic) bond motifs is 8. The first-order chi connectivity index (χ1) is 35.3. The second-order valence-electron chi connectivity index (χ2n) is 17.7. The molecule has 1 aliphatic heterocycles. The molecule has 2 aliphatic carbocycles. The average molecular weight is 985 g/mol. The van der Waals surface area contributed by atoms with Crippen molar-refractivity contribution < 1.29 is 66.3 Å². The second kappa shape index (κ2) is 22.9. The van der Waals surface area contributed by atoms with Crippen LogP contribution in [0, 0.1) is 0 Å². The van der Waals surface area contributed by atoms with Crippen molar-refractivity contribution in [2.24, 2.45) is 0 Å². The van der Waals surface area contributed by atoms with Gasteiger partial charge in [0, 0.05) is 0 Å². The van der Waals surface area contributed by atoms with E-state index < -0.39 is 0 Å². The average Bonchev–Trinajstić information content (AvgIpc) is 3.50. The first kappa shape index (κ1) is 49.8. The Balaban J connectivity index is 0.988. The lowest BCUT2D eigenvalue weighted by molar-refractivity contribution is 0.0639. The van der Waals surface area contributed by atoms with Gasteiger partial charge in [-0.25, -0.2) is 0 Å². The molecular weight excluding hydrogens is 921 g/mol. The summed E-state index contributed by atoms with van der Waals surface area (Å²) in [6, 6.07) is 24.9. The maximum absolute atomic E-state index is 6.51. The van der Waals surface area contributed by atoms with E-state index in [0.29, 0.717) is 134 Å². The minimum absolute atomic E-state index is 0.284. The molecule has 0 fully saturated rings. The van der Waals surface area contributed by atoms with Crippen LogP contribution in [0.5, 0.6) is 69.0 Å². The van der Waals surface area contributed by atoms with Crippen LogP contribution in [0.2, 0.25) is 0 Å². The summed E-state index contributed by atoms with van der Waals surface area (Å²) in [4.78, 5) is 0. The van der Waals surface area contributed by atoms with Gasteiger partial charge in [-0.1, -0.05) is 0 Å². The van der Waals surface area contributed by atoms with E-state index in [1.165, 1.54) is 0 Å². The number of benzene rings is 6. The van der Waals surface area contributed by atoms with Crippen LogP contribution in [0.3, 0.4) is 0 Å². The van der Waals surface area contributed by atoms with E-state index in [1.54, 1.807) is 56.9 Å². The zero-order chi connectivity index (χ0) is 50.1. The molecule has 0 aromatic heterocycles. The summed E-state index contributed by atoms with van der Waals surface area (Å²) in [5, 5.41) is 0. The van der Waals surface area contributed by atoms with Gasteiger partial charge in [0.1, 0.15) is 26.4 Å². The van der Waals surface area contributed by atoms with Crippen LogP contribution >= 0.6 is 0 Å². The lowest BCUT2D eigenvalue weighted by atomic mass is 9.94. The zero-order valence-corrected chi connectivity index (χ0v) is 42.5. The van der Waals surface area contributed by atoms with Gasteiger partial charge in [-0.05, 0) is 178 Å². The molecule has 14 nitrogen and oxygen atoms in total. The Morgan fingerprint density at radius 2 is 0.375 bits per heavy atom. The van der Waals surface area contributed by atoms with Crippen LogP contribution in [0.25, 0.3) is 0 Å². The smallest absolute Gasteiger partial charge is 0.161 e. The molecule has 0 saturated heterocycles. The van der Waals surface area contributed by atoms with Crippen molar-refractivity contribution in [1.29, 1.82) is 0 Å². The summed E-state index contributed by atoms with van der Waals surface area (Å²) in [7, 11) is 13.3. The normalized spacial score (nSPS) is 14.8. The Hall–Kier alpha value is -7.16. The van der Waals surface area contributed by atoms with Gasteiger partial charge in [0.05, 0.1) is 83.3 Å². The Kier molecular flexibility index (Phi) is 15.9. The molecule has 3 aliphatic rings. The van der Waals surface area contributed by atoms with E-state index in [4.69, 9.17) is 66.3 Å². The van der Waals surface area contributed by atoms with Crippen molar-refractivity contribution >= 4 is 0 Å². The SMILES string of the molecule is COc1cc2c(cc1OC)Cc1cc3c(cc1Cc1cc(OC)c(OC)cc1C2)OCCOCCOc1cc2c(cc1OCCOCCO3)Cc1cc(OC)c(OC)cc1Cc1cc(OC)c(OC)cc1C2. The molecule has 72 heavy (non-hydrogen) atoms. The van der Waals surface area contributed by atoms with E-state index in [2.05, 4.69) is 72.8 Å². The van der Waals surface area contributed by atoms with Crippen LogP contribution in [-0.2, 0) is 48.0 Å². The van der Waals surface area contributed by atoms with Gasteiger partial charge in [-0.2, -0.15) is 0 Å². The molecule has 0 spiro atoms. The van der Waals surface area contributed by atoms with Crippen LogP contribution in [0.1, 0.15) is 66.8 Å². The molecule has 14 heteroatoms. The highest BCUT2D eigenvalue weighted by atomic mass is 16.6. The first-order valence-corrected chi connectivity index (χ1v) is 24.2. The van der Waals surface area contributed by atoms with Gasteiger partial charge >= 0.3 is 0 Å². The topological polar surface area (TPSA) is 129 Å². The zero-order valence-electron chi connectivity index (χ0n) is 42.5. The molecule has 9 rings (SSSR count). The van der Waals surface area contributed by atoms with Crippen molar-refractivity contribution in [2.45, 2.75) is 38.5 Å². The maximum Gasteiger partial charge on any atom is 0.161 e. The van der Waals surface area contributed by atoms with Gasteiger partial charge in [-0.3, -0.25) is 0 Å². The predicted molar refractivity (Wildman–Crippen MR) is 272 cm³/mol. The Bertz CT molecular complexity index is 2510. The fraction of sp³-hybridized carbons (Fsp3) is 0.379. The minimum Gasteiger partial charge on any atom is -0.493 e. The van der Waals surface area contributed by atoms with Crippen LogP contribution < -0.4 is 56.8 Å². The third kappa shape index (κ3) is 10.8. The monoisotopic (exact) mass is 984 g/mol. The number of hydrogen-bond acceptors (Lipinski definition) is 14. The van der Waals surface area contributed by atoms with E-state index >= 15 is 0 Å². The summed E-state index contributed by atoms with van der Waals surface area (Å²) >= 11 is 0.